The van der Waals surface area contributed by atoms with Gasteiger partial charge in [0, 0.05) is 18.5 Å². The molecular formula is C19H27NO5S. The highest BCUT2D eigenvalue weighted by atomic mass is 32.2. The minimum atomic E-state index is -3.72. The number of hydrogen-bond donors (Lipinski definition) is 0. The third-order valence-corrected chi connectivity index (χ3v) is 6.66. The van der Waals surface area contributed by atoms with Crippen LogP contribution in [0.25, 0.3) is 0 Å². The van der Waals surface area contributed by atoms with Crippen molar-refractivity contribution in [2.24, 2.45) is 5.92 Å². The molecule has 0 atom stereocenters. The zero-order chi connectivity index (χ0) is 18.9. The fraction of sp³-hybridized carbons (Fsp3) is 0.632. The van der Waals surface area contributed by atoms with Crippen LogP contribution in [-0.4, -0.2) is 37.6 Å². The quantitative estimate of drug-likeness (QED) is 0.647. The molecule has 0 aromatic heterocycles. The molecular weight excluding hydrogens is 354 g/mol. The highest BCUT2D eigenvalue weighted by Crippen LogP contribution is 2.36. The Kier molecular flexibility index (Phi) is 5.46. The Balaban J connectivity index is 1.81. The van der Waals surface area contributed by atoms with Crippen molar-refractivity contribution >= 4 is 16.0 Å². The van der Waals surface area contributed by atoms with E-state index in [4.69, 9.17) is 8.92 Å². The number of rotatable bonds is 8. The Morgan fingerprint density at radius 1 is 1.19 bits per heavy atom. The average molecular weight is 381 g/mol. The predicted molar refractivity (Wildman–Crippen MR) is 98.6 cm³/mol. The highest BCUT2D eigenvalue weighted by molar-refractivity contribution is 7.87. The van der Waals surface area contributed by atoms with E-state index in [2.05, 4.69) is 0 Å². The maximum Gasteiger partial charge on any atom is 0.311 e. The summed E-state index contributed by atoms with van der Waals surface area (Å²) in [6.45, 7) is 3.61. The SMILES string of the molecule is COc1ccc(CN(C(=O)C2CCC2)C2CC2)cc1OS(=O)(=O)C(C)C. The average Bonchev–Trinajstić information content (AvgIpc) is 3.35. The van der Waals surface area contributed by atoms with Crippen LogP contribution >= 0.6 is 0 Å². The van der Waals surface area contributed by atoms with E-state index >= 15 is 0 Å². The summed E-state index contributed by atoms with van der Waals surface area (Å²) in [5.74, 6) is 0.921. The van der Waals surface area contributed by atoms with Crippen LogP contribution in [-0.2, 0) is 21.5 Å². The molecule has 1 aromatic carbocycles. The molecule has 6 nitrogen and oxygen atoms in total. The molecule has 0 unspecified atom stereocenters. The summed E-state index contributed by atoms with van der Waals surface area (Å²) >= 11 is 0. The molecule has 2 aliphatic rings. The molecule has 0 saturated heterocycles. The molecule has 0 aliphatic heterocycles. The number of benzene rings is 1. The van der Waals surface area contributed by atoms with Crippen LogP contribution in [0.15, 0.2) is 18.2 Å². The first-order valence-electron chi connectivity index (χ1n) is 9.22. The highest BCUT2D eigenvalue weighted by Gasteiger charge is 2.37. The molecule has 0 heterocycles. The maximum atomic E-state index is 12.7. The second kappa shape index (κ2) is 7.47. The van der Waals surface area contributed by atoms with Gasteiger partial charge in [-0.1, -0.05) is 12.5 Å². The van der Waals surface area contributed by atoms with E-state index in [1.807, 2.05) is 11.0 Å². The van der Waals surface area contributed by atoms with Crippen molar-refractivity contribution in [3.8, 4) is 11.5 Å². The largest absolute Gasteiger partial charge is 0.493 e. The van der Waals surface area contributed by atoms with E-state index in [9.17, 15) is 13.2 Å². The van der Waals surface area contributed by atoms with Gasteiger partial charge in [-0.2, -0.15) is 8.42 Å². The Hall–Kier alpha value is -1.76. The van der Waals surface area contributed by atoms with Crippen molar-refractivity contribution in [2.45, 2.75) is 63.8 Å². The minimum absolute atomic E-state index is 0.158. The summed E-state index contributed by atoms with van der Waals surface area (Å²) in [7, 11) is -2.25. The first-order valence-corrected chi connectivity index (χ1v) is 10.7. The molecule has 26 heavy (non-hydrogen) atoms. The van der Waals surface area contributed by atoms with E-state index < -0.39 is 15.4 Å². The van der Waals surface area contributed by atoms with E-state index in [0.717, 1.165) is 37.7 Å². The fourth-order valence-corrected chi connectivity index (χ4v) is 3.54. The monoisotopic (exact) mass is 381 g/mol. The molecule has 0 bridgehead atoms. The molecule has 144 valence electrons. The van der Waals surface area contributed by atoms with Crippen LogP contribution in [0.5, 0.6) is 11.5 Å². The van der Waals surface area contributed by atoms with Gasteiger partial charge in [0.05, 0.1) is 12.4 Å². The van der Waals surface area contributed by atoms with Gasteiger partial charge in [0.25, 0.3) is 0 Å². The van der Waals surface area contributed by atoms with Crippen molar-refractivity contribution in [1.82, 2.24) is 4.90 Å². The molecule has 2 saturated carbocycles. The predicted octanol–water partition coefficient (Wildman–Crippen LogP) is 3.10. The van der Waals surface area contributed by atoms with Crippen molar-refractivity contribution < 1.29 is 22.1 Å². The maximum absolute atomic E-state index is 12.7. The van der Waals surface area contributed by atoms with E-state index in [0.29, 0.717) is 18.3 Å². The third-order valence-electron chi connectivity index (χ3n) is 5.09. The molecule has 7 heteroatoms. The van der Waals surface area contributed by atoms with Crippen LogP contribution < -0.4 is 8.92 Å². The zero-order valence-electron chi connectivity index (χ0n) is 15.6. The normalized spacial score (nSPS) is 17.7. The summed E-state index contributed by atoms with van der Waals surface area (Å²) < 4.78 is 34.7. The smallest absolute Gasteiger partial charge is 0.311 e. The lowest BCUT2D eigenvalue weighted by atomic mass is 9.84. The van der Waals surface area contributed by atoms with Crippen molar-refractivity contribution in [2.75, 3.05) is 7.11 Å². The number of carbonyl (C=O) groups excluding carboxylic acids is 1. The van der Waals surface area contributed by atoms with Gasteiger partial charge >= 0.3 is 10.1 Å². The van der Waals surface area contributed by atoms with Crippen LogP contribution in [0, 0.1) is 5.92 Å². The lowest BCUT2D eigenvalue weighted by Gasteiger charge is -2.32. The molecule has 1 amide bonds. The van der Waals surface area contributed by atoms with Gasteiger partial charge in [0.15, 0.2) is 11.5 Å². The number of nitrogens with zero attached hydrogens (tertiary/aromatic N) is 1. The summed E-state index contributed by atoms with van der Waals surface area (Å²) in [6, 6.07) is 5.53. The van der Waals surface area contributed by atoms with Crippen molar-refractivity contribution in [3.05, 3.63) is 23.8 Å². The zero-order valence-corrected chi connectivity index (χ0v) is 16.4. The molecule has 2 fully saturated rings. The molecule has 0 N–H and O–H groups in total. The van der Waals surface area contributed by atoms with E-state index in [1.54, 1.807) is 26.0 Å². The number of amides is 1. The second-order valence-corrected chi connectivity index (χ2v) is 9.53. The van der Waals surface area contributed by atoms with Crippen LogP contribution in [0.1, 0.15) is 51.5 Å². The van der Waals surface area contributed by atoms with Gasteiger partial charge in [-0.25, -0.2) is 0 Å². The van der Waals surface area contributed by atoms with Crippen LogP contribution in [0.4, 0.5) is 0 Å². The van der Waals surface area contributed by atoms with Gasteiger partial charge < -0.3 is 13.8 Å². The summed E-state index contributed by atoms with van der Waals surface area (Å²) in [5.41, 5.74) is 0.847. The molecule has 1 aromatic rings. The Bertz CT molecular complexity index is 766. The molecule has 3 rings (SSSR count). The topological polar surface area (TPSA) is 72.9 Å². The van der Waals surface area contributed by atoms with Gasteiger partial charge in [-0.3, -0.25) is 4.79 Å². The summed E-state index contributed by atoms with van der Waals surface area (Å²) in [6.07, 6.45) is 5.17. The number of carbonyl (C=O) groups is 1. The third kappa shape index (κ3) is 4.14. The lowest BCUT2D eigenvalue weighted by molar-refractivity contribution is -0.139. The summed E-state index contributed by atoms with van der Waals surface area (Å²) in [4.78, 5) is 14.7. The van der Waals surface area contributed by atoms with Crippen LogP contribution in [0.2, 0.25) is 0 Å². The van der Waals surface area contributed by atoms with Gasteiger partial charge in [-0.05, 0) is 57.2 Å². The minimum Gasteiger partial charge on any atom is -0.493 e. The van der Waals surface area contributed by atoms with Gasteiger partial charge in [0.2, 0.25) is 5.91 Å². The second-order valence-electron chi connectivity index (χ2n) is 7.44. The molecule has 0 radical (unpaired) electrons. The van der Waals surface area contributed by atoms with Crippen LogP contribution in [0.3, 0.4) is 0 Å². The first kappa shape index (κ1) is 19.0. The number of ether oxygens (including phenoxy) is 1. The van der Waals surface area contributed by atoms with E-state index in [-0.39, 0.29) is 17.6 Å². The summed E-state index contributed by atoms with van der Waals surface area (Å²) in [5, 5.41) is -0.654. The Labute approximate surface area is 155 Å². The number of hydrogen-bond acceptors (Lipinski definition) is 5. The van der Waals surface area contributed by atoms with Gasteiger partial charge in [-0.15, -0.1) is 0 Å². The van der Waals surface area contributed by atoms with Crippen molar-refractivity contribution in [1.29, 1.82) is 0 Å². The molecule has 0 spiro atoms. The molecule has 2 aliphatic carbocycles. The standard InChI is InChI=1S/C19H27NO5S/c1-13(2)26(22,23)25-18-11-14(7-10-17(18)24-3)12-20(16-8-9-16)19(21)15-5-4-6-15/h7,10-11,13,15-16H,4-6,8-9,12H2,1-3H3. The first-order chi connectivity index (χ1) is 12.3. The van der Waals surface area contributed by atoms with E-state index in [1.165, 1.54) is 7.11 Å². The number of methoxy groups -OCH3 is 1. The fourth-order valence-electron chi connectivity index (χ4n) is 2.97. The van der Waals surface area contributed by atoms with Gasteiger partial charge in [0.1, 0.15) is 0 Å². The lowest BCUT2D eigenvalue weighted by Crippen LogP contribution is -2.39. The Morgan fingerprint density at radius 3 is 2.38 bits per heavy atom. The Morgan fingerprint density at radius 2 is 1.88 bits per heavy atom. The van der Waals surface area contributed by atoms with Crippen molar-refractivity contribution in [3.63, 3.8) is 0 Å².